The molecule has 0 atom stereocenters. The van der Waals surface area contributed by atoms with Crippen LogP contribution in [0.2, 0.25) is 0 Å². The number of anilines is 1. The van der Waals surface area contributed by atoms with Crippen molar-refractivity contribution >= 4 is 28.3 Å². The van der Waals surface area contributed by atoms with Crippen molar-refractivity contribution in [2.45, 2.75) is 33.1 Å². The predicted molar refractivity (Wildman–Crippen MR) is 89.1 cm³/mol. The van der Waals surface area contributed by atoms with Gasteiger partial charge in [0, 0.05) is 24.0 Å². The second kappa shape index (κ2) is 5.30. The van der Waals surface area contributed by atoms with Crippen molar-refractivity contribution in [3.8, 4) is 0 Å². The van der Waals surface area contributed by atoms with Crippen molar-refractivity contribution in [2.24, 2.45) is 0 Å². The molecule has 0 amide bonds. The monoisotopic (exact) mass is 309 g/mol. The number of carbonyl (C=O) groups is 1. The lowest BCUT2D eigenvalue weighted by atomic mass is 10.0. The maximum Gasteiger partial charge on any atom is 0.229 e. The third-order valence-corrected chi connectivity index (χ3v) is 4.46. The van der Waals surface area contributed by atoms with Gasteiger partial charge in [-0.25, -0.2) is 9.97 Å². The van der Waals surface area contributed by atoms with E-state index in [1.165, 1.54) is 6.42 Å². The standard InChI is InChI=1S/C17H19N5O/c1-11-8-13(12(2)23)15-14(9-11)16-18-10-19-22(16)17(20-15)21-6-4-3-5-7-21/h8-10H,3-7H2,1-2H3. The lowest BCUT2D eigenvalue weighted by Gasteiger charge is -2.28. The van der Waals surface area contributed by atoms with E-state index in [2.05, 4.69) is 15.0 Å². The van der Waals surface area contributed by atoms with Crippen molar-refractivity contribution < 1.29 is 4.79 Å². The number of nitrogens with zero attached hydrogens (tertiary/aromatic N) is 5. The van der Waals surface area contributed by atoms with Gasteiger partial charge in [0.1, 0.15) is 6.33 Å². The van der Waals surface area contributed by atoms with Crippen LogP contribution in [-0.4, -0.2) is 38.5 Å². The van der Waals surface area contributed by atoms with Crippen molar-refractivity contribution in [3.63, 3.8) is 0 Å². The molecular formula is C17H19N5O. The van der Waals surface area contributed by atoms with E-state index < -0.39 is 0 Å². The summed E-state index contributed by atoms with van der Waals surface area (Å²) in [5, 5.41) is 5.25. The zero-order valence-corrected chi connectivity index (χ0v) is 13.4. The number of hydrogen-bond donors (Lipinski definition) is 0. The van der Waals surface area contributed by atoms with Crippen LogP contribution in [0.15, 0.2) is 18.5 Å². The van der Waals surface area contributed by atoms with Gasteiger partial charge >= 0.3 is 0 Å². The zero-order valence-electron chi connectivity index (χ0n) is 13.4. The Labute approximate surface area is 134 Å². The molecule has 1 aliphatic heterocycles. The number of carbonyl (C=O) groups excluding carboxylic acids is 1. The summed E-state index contributed by atoms with van der Waals surface area (Å²) in [6.07, 6.45) is 5.12. The van der Waals surface area contributed by atoms with Crippen LogP contribution in [0.25, 0.3) is 16.6 Å². The molecule has 1 aliphatic rings. The number of ketones is 1. The first kappa shape index (κ1) is 14.1. The summed E-state index contributed by atoms with van der Waals surface area (Å²) < 4.78 is 1.80. The zero-order chi connectivity index (χ0) is 16.0. The Balaban J connectivity index is 2.06. The summed E-state index contributed by atoms with van der Waals surface area (Å²) in [6.45, 7) is 5.51. The third kappa shape index (κ3) is 2.25. The van der Waals surface area contributed by atoms with Gasteiger partial charge in [-0.15, -0.1) is 0 Å². The summed E-state index contributed by atoms with van der Waals surface area (Å²) in [5.74, 6) is 0.815. The minimum absolute atomic E-state index is 0.0275. The Morgan fingerprint density at radius 3 is 2.70 bits per heavy atom. The van der Waals surface area contributed by atoms with Gasteiger partial charge in [0.05, 0.1) is 5.52 Å². The quantitative estimate of drug-likeness (QED) is 0.681. The Kier molecular flexibility index (Phi) is 3.25. The number of rotatable bonds is 2. The minimum atomic E-state index is 0.0275. The molecule has 2 aromatic heterocycles. The molecule has 23 heavy (non-hydrogen) atoms. The molecule has 0 spiro atoms. The van der Waals surface area contributed by atoms with E-state index in [1.807, 2.05) is 19.1 Å². The molecule has 0 saturated carbocycles. The number of hydrogen-bond acceptors (Lipinski definition) is 5. The van der Waals surface area contributed by atoms with Crippen LogP contribution in [0.5, 0.6) is 0 Å². The molecule has 1 fully saturated rings. The molecule has 1 aromatic carbocycles. The molecule has 4 rings (SSSR count). The number of aryl methyl sites for hydroxylation is 1. The van der Waals surface area contributed by atoms with Gasteiger partial charge in [-0.2, -0.15) is 9.61 Å². The van der Waals surface area contributed by atoms with Gasteiger partial charge in [0.25, 0.3) is 0 Å². The highest BCUT2D eigenvalue weighted by atomic mass is 16.1. The number of benzene rings is 1. The Hall–Kier alpha value is -2.50. The average molecular weight is 309 g/mol. The lowest BCUT2D eigenvalue weighted by Crippen LogP contribution is -2.32. The third-order valence-electron chi connectivity index (χ3n) is 4.46. The molecule has 0 unspecified atom stereocenters. The molecule has 6 nitrogen and oxygen atoms in total. The molecule has 3 heterocycles. The second-order valence-electron chi connectivity index (χ2n) is 6.22. The van der Waals surface area contributed by atoms with E-state index in [-0.39, 0.29) is 5.78 Å². The van der Waals surface area contributed by atoms with Crippen LogP contribution in [0.1, 0.15) is 42.1 Å². The highest BCUT2D eigenvalue weighted by molar-refractivity contribution is 6.09. The van der Waals surface area contributed by atoms with Crippen molar-refractivity contribution in [1.29, 1.82) is 0 Å². The summed E-state index contributed by atoms with van der Waals surface area (Å²) in [4.78, 5) is 23.6. The largest absolute Gasteiger partial charge is 0.341 e. The van der Waals surface area contributed by atoms with E-state index in [0.717, 1.165) is 54.0 Å². The smallest absolute Gasteiger partial charge is 0.229 e. The maximum absolute atomic E-state index is 12.1. The van der Waals surface area contributed by atoms with Gasteiger partial charge in [0.15, 0.2) is 11.4 Å². The molecule has 0 aliphatic carbocycles. The minimum Gasteiger partial charge on any atom is -0.341 e. The van der Waals surface area contributed by atoms with Crippen molar-refractivity contribution in [2.75, 3.05) is 18.0 Å². The number of aromatic nitrogens is 4. The fourth-order valence-electron chi connectivity index (χ4n) is 3.36. The van der Waals surface area contributed by atoms with E-state index >= 15 is 0 Å². The van der Waals surface area contributed by atoms with E-state index in [0.29, 0.717) is 5.56 Å². The second-order valence-corrected chi connectivity index (χ2v) is 6.22. The first-order valence-electron chi connectivity index (χ1n) is 8.05. The van der Waals surface area contributed by atoms with Crippen LogP contribution in [0.3, 0.4) is 0 Å². The maximum atomic E-state index is 12.1. The summed E-state index contributed by atoms with van der Waals surface area (Å²) in [6, 6.07) is 3.93. The summed E-state index contributed by atoms with van der Waals surface area (Å²) in [5.41, 5.74) is 3.18. The molecule has 1 saturated heterocycles. The molecule has 118 valence electrons. The Morgan fingerprint density at radius 1 is 1.17 bits per heavy atom. The fraction of sp³-hybridized carbons (Fsp3) is 0.412. The fourth-order valence-corrected chi connectivity index (χ4v) is 3.36. The molecular weight excluding hydrogens is 290 g/mol. The highest BCUT2D eigenvalue weighted by Gasteiger charge is 2.20. The van der Waals surface area contributed by atoms with Crippen LogP contribution in [0, 0.1) is 6.92 Å². The molecule has 3 aromatic rings. The Morgan fingerprint density at radius 2 is 1.96 bits per heavy atom. The number of piperidine rings is 1. The predicted octanol–water partition coefficient (Wildman–Crippen LogP) is 2.78. The summed E-state index contributed by atoms with van der Waals surface area (Å²) in [7, 11) is 0. The van der Waals surface area contributed by atoms with E-state index in [9.17, 15) is 4.79 Å². The van der Waals surface area contributed by atoms with E-state index in [4.69, 9.17) is 4.98 Å². The molecule has 0 radical (unpaired) electrons. The van der Waals surface area contributed by atoms with Gasteiger partial charge in [0.2, 0.25) is 5.95 Å². The SMILES string of the molecule is CC(=O)c1cc(C)cc2c1nc(N1CCCCC1)n1ncnc21. The van der Waals surface area contributed by atoms with Gasteiger partial charge in [-0.1, -0.05) is 0 Å². The van der Waals surface area contributed by atoms with Gasteiger partial charge in [-0.3, -0.25) is 4.79 Å². The Bertz CT molecular complexity index is 908. The highest BCUT2D eigenvalue weighted by Crippen LogP contribution is 2.27. The topological polar surface area (TPSA) is 63.4 Å². The molecule has 0 bridgehead atoms. The number of fused-ring (bicyclic) bond motifs is 3. The average Bonchev–Trinajstić information content (AvgIpc) is 3.04. The molecule has 0 N–H and O–H groups in total. The van der Waals surface area contributed by atoms with Crippen molar-refractivity contribution in [1.82, 2.24) is 19.6 Å². The normalized spacial score (nSPS) is 15.5. The van der Waals surface area contributed by atoms with Crippen LogP contribution < -0.4 is 4.90 Å². The van der Waals surface area contributed by atoms with Crippen LogP contribution >= 0.6 is 0 Å². The van der Waals surface area contributed by atoms with Crippen LogP contribution in [0.4, 0.5) is 5.95 Å². The first-order valence-corrected chi connectivity index (χ1v) is 8.05. The van der Waals surface area contributed by atoms with Gasteiger partial charge in [-0.05, 0) is 50.8 Å². The number of Topliss-reactive ketones (excluding diaryl/α,β-unsaturated/α-hetero) is 1. The lowest BCUT2D eigenvalue weighted by molar-refractivity contribution is 0.101. The van der Waals surface area contributed by atoms with Crippen molar-refractivity contribution in [3.05, 3.63) is 29.6 Å². The van der Waals surface area contributed by atoms with Crippen LogP contribution in [-0.2, 0) is 0 Å². The van der Waals surface area contributed by atoms with Gasteiger partial charge < -0.3 is 4.90 Å². The molecule has 6 heteroatoms. The van der Waals surface area contributed by atoms with E-state index in [1.54, 1.807) is 17.8 Å². The summed E-state index contributed by atoms with van der Waals surface area (Å²) >= 11 is 0. The first-order chi connectivity index (χ1) is 11.1.